The predicted molar refractivity (Wildman–Crippen MR) is 91.7 cm³/mol. The lowest BCUT2D eigenvalue weighted by Crippen LogP contribution is -2.25. The molecule has 0 saturated carbocycles. The number of carbonyl (C=O) groups is 1. The summed E-state index contributed by atoms with van der Waals surface area (Å²) in [5, 5.41) is 11.6. The van der Waals surface area contributed by atoms with Crippen molar-refractivity contribution >= 4 is 5.91 Å². The van der Waals surface area contributed by atoms with Crippen LogP contribution in [0.2, 0.25) is 0 Å². The van der Waals surface area contributed by atoms with Gasteiger partial charge < -0.3 is 9.73 Å². The van der Waals surface area contributed by atoms with Gasteiger partial charge in [0, 0.05) is 30.3 Å². The quantitative estimate of drug-likeness (QED) is 0.775. The predicted octanol–water partition coefficient (Wildman–Crippen LogP) is 2.89. The highest BCUT2D eigenvalue weighted by molar-refractivity contribution is 5.94. The maximum atomic E-state index is 12.1. The molecule has 25 heavy (non-hydrogen) atoms. The number of carbonyl (C=O) groups excluding carboxylic acids is 1. The first-order valence-electron chi connectivity index (χ1n) is 7.81. The third-order valence-electron chi connectivity index (χ3n) is 3.65. The number of hydrogen-bond acceptors (Lipinski definition) is 5. The normalized spacial score (nSPS) is 10.2. The summed E-state index contributed by atoms with van der Waals surface area (Å²) in [4.78, 5) is 20.3. The van der Waals surface area contributed by atoms with E-state index in [4.69, 9.17) is 9.68 Å². The molecule has 0 aliphatic carbocycles. The molecule has 0 bridgehead atoms. The Morgan fingerprint density at radius 1 is 1.28 bits per heavy atom. The van der Waals surface area contributed by atoms with E-state index in [1.165, 1.54) is 17.8 Å². The van der Waals surface area contributed by atoms with E-state index < -0.39 is 0 Å². The number of amides is 1. The lowest BCUT2D eigenvalue weighted by Gasteiger charge is -2.03. The van der Waals surface area contributed by atoms with Crippen molar-refractivity contribution in [2.75, 3.05) is 6.54 Å². The zero-order valence-electron chi connectivity index (χ0n) is 13.7. The number of nitrogens with zero attached hydrogens (tertiary/aromatic N) is 3. The van der Waals surface area contributed by atoms with Crippen molar-refractivity contribution < 1.29 is 9.21 Å². The van der Waals surface area contributed by atoms with Crippen molar-refractivity contribution in [3.63, 3.8) is 0 Å². The van der Waals surface area contributed by atoms with E-state index in [1.54, 1.807) is 12.3 Å². The second-order valence-corrected chi connectivity index (χ2v) is 5.56. The summed E-state index contributed by atoms with van der Waals surface area (Å²) in [6, 6.07) is 12.9. The Bertz CT molecular complexity index is 923. The largest absolute Gasteiger partial charge is 0.444 e. The molecule has 1 amide bonds. The van der Waals surface area contributed by atoms with Crippen LogP contribution in [0.1, 0.15) is 27.3 Å². The molecule has 1 aromatic carbocycles. The van der Waals surface area contributed by atoms with Crippen LogP contribution in [0.15, 0.2) is 53.3 Å². The molecule has 3 rings (SSSR count). The molecule has 0 aliphatic heterocycles. The number of oxazole rings is 1. The molecule has 0 aliphatic rings. The molecule has 124 valence electrons. The minimum atomic E-state index is -0.249. The first-order valence-corrected chi connectivity index (χ1v) is 7.81. The standard InChI is InChI=1S/C19H16N4O2/c1-13-2-4-14(5-3-13)19-23-16(12-25-19)7-9-22-18(24)15-6-8-21-17(10-15)11-20/h2-6,8,10,12H,7,9H2,1H3,(H,22,24). The van der Waals surface area contributed by atoms with Crippen LogP contribution >= 0.6 is 0 Å². The highest BCUT2D eigenvalue weighted by Crippen LogP contribution is 2.19. The molecule has 0 spiro atoms. The van der Waals surface area contributed by atoms with E-state index in [9.17, 15) is 4.79 Å². The van der Waals surface area contributed by atoms with Crippen molar-refractivity contribution in [3.05, 3.63) is 71.4 Å². The molecule has 2 aromatic heterocycles. The van der Waals surface area contributed by atoms with Gasteiger partial charge in [0.25, 0.3) is 5.91 Å². The average Bonchev–Trinajstić information content (AvgIpc) is 3.11. The first-order chi connectivity index (χ1) is 12.2. The highest BCUT2D eigenvalue weighted by atomic mass is 16.3. The monoisotopic (exact) mass is 332 g/mol. The summed E-state index contributed by atoms with van der Waals surface area (Å²) in [6.07, 6.45) is 3.60. The lowest BCUT2D eigenvalue weighted by molar-refractivity contribution is 0.0954. The fraction of sp³-hybridized carbons (Fsp3) is 0.158. The number of benzene rings is 1. The van der Waals surface area contributed by atoms with Gasteiger partial charge in [0.1, 0.15) is 18.0 Å². The number of aryl methyl sites for hydroxylation is 1. The van der Waals surface area contributed by atoms with E-state index in [-0.39, 0.29) is 11.6 Å². The molecule has 0 unspecified atom stereocenters. The fourth-order valence-corrected chi connectivity index (χ4v) is 2.29. The second kappa shape index (κ2) is 7.41. The lowest BCUT2D eigenvalue weighted by atomic mass is 10.1. The Kier molecular flexibility index (Phi) is 4.86. The van der Waals surface area contributed by atoms with E-state index in [1.807, 2.05) is 37.3 Å². The van der Waals surface area contributed by atoms with Crippen LogP contribution in [0.5, 0.6) is 0 Å². The van der Waals surface area contributed by atoms with Crippen molar-refractivity contribution in [2.24, 2.45) is 0 Å². The molecule has 2 heterocycles. The van der Waals surface area contributed by atoms with Gasteiger partial charge in [-0.15, -0.1) is 0 Å². The number of hydrogen-bond donors (Lipinski definition) is 1. The van der Waals surface area contributed by atoms with Crippen LogP contribution in [-0.2, 0) is 6.42 Å². The fourth-order valence-electron chi connectivity index (χ4n) is 2.29. The summed E-state index contributed by atoms with van der Waals surface area (Å²) in [5.41, 5.74) is 3.48. The van der Waals surface area contributed by atoms with E-state index in [2.05, 4.69) is 15.3 Å². The topological polar surface area (TPSA) is 91.8 Å². The van der Waals surface area contributed by atoms with Gasteiger partial charge in [-0.2, -0.15) is 5.26 Å². The van der Waals surface area contributed by atoms with Crippen LogP contribution in [0.3, 0.4) is 0 Å². The molecule has 6 heteroatoms. The van der Waals surface area contributed by atoms with Crippen LogP contribution in [0, 0.1) is 18.3 Å². The summed E-state index contributed by atoms with van der Waals surface area (Å²) >= 11 is 0. The van der Waals surface area contributed by atoms with Crippen molar-refractivity contribution in [2.45, 2.75) is 13.3 Å². The maximum Gasteiger partial charge on any atom is 0.251 e. The van der Waals surface area contributed by atoms with Gasteiger partial charge in [-0.1, -0.05) is 17.7 Å². The zero-order valence-corrected chi connectivity index (χ0v) is 13.7. The molecule has 1 N–H and O–H groups in total. The number of aromatic nitrogens is 2. The van der Waals surface area contributed by atoms with Gasteiger partial charge in [0.15, 0.2) is 0 Å². The van der Waals surface area contributed by atoms with Crippen LogP contribution < -0.4 is 5.32 Å². The number of nitrogens with one attached hydrogen (secondary N) is 1. The van der Waals surface area contributed by atoms with Crippen LogP contribution in [0.4, 0.5) is 0 Å². The van der Waals surface area contributed by atoms with Crippen LogP contribution in [-0.4, -0.2) is 22.4 Å². The second-order valence-electron chi connectivity index (χ2n) is 5.56. The van der Waals surface area contributed by atoms with Gasteiger partial charge in [-0.05, 0) is 31.2 Å². The Balaban J connectivity index is 1.56. The maximum absolute atomic E-state index is 12.1. The third-order valence-corrected chi connectivity index (χ3v) is 3.65. The molecule has 0 saturated heterocycles. The third kappa shape index (κ3) is 4.09. The Morgan fingerprint density at radius 2 is 2.08 bits per heavy atom. The molecule has 0 fully saturated rings. The zero-order chi connectivity index (χ0) is 17.6. The van der Waals surface area contributed by atoms with Crippen molar-refractivity contribution in [1.29, 1.82) is 5.26 Å². The number of rotatable bonds is 5. The number of nitriles is 1. The van der Waals surface area contributed by atoms with Gasteiger partial charge in [-0.3, -0.25) is 4.79 Å². The van der Waals surface area contributed by atoms with E-state index in [0.29, 0.717) is 24.4 Å². The Labute approximate surface area is 145 Å². The van der Waals surface area contributed by atoms with Crippen LogP contribution in [0.25, 0.3) is 11.5 Å². The molecular weight excluding hydrogens is 316 g/mol. The molecular formula is C19H16N4O2. The molecule has 6 nitrogen and oxygen atoms in total. The van der Waals surface area contributed by atoms with Gasteiger partial charge >= 0.3 is 0 Å². The van der Waals surface area contributed by atoms with E-state index in [0.717, 1.165) is 11.3 Å². The SMILES string of the molecule is Cc1ccc(-c2nc(CCNC(=O)c3ccnc(C#N)c3)co2)cc1. The smallest absolute Gasteiger partial charge is 0.251 e. The van der Waals surface area contributed by atoms with Gasteiger partial charge in [0.2, 0.25) is 5.89 Å². The van der Waals surface area contributed by atoms with Crippen molar-refractivity contribution in [1.82, 2.24) is 15.3 Å². The van der Waals surface area contributed by atoms with Gasteiger partial charge in [0.05, 0.1) is 5.69 Å². The average molecular weight is 332 g/mol. The summed E-state index contributed by atoms with van der Waals surface area (Å²) in [5.74, 6) is 0.315. The molecule has 0 radical (unpaired) electrons. The summed E-state index contributed by atoms with van der Waals surface area (Å²) in [7, 11) is 0. The Hall–Kier alpha value is -3.46. The minimum absolute atomic E-state index is 0.215. The van der Waals surface area contributed by atoms with Gasteiger partial charge in [-0.25, -0.2) is 9.97 Å². The number of pyridine rings is 1. The molecule has 3 aromatic rings. The summed E-state index contributed by atoms with van der Waals surface area (Å²) in [6.45, 7) is 2.44. The molecule has 0 atom stereocenters. The summed E-state index contributed by atoms with van der Waals surface area (Å²) < 4.78 is 5.49. The minimum Gasteiger partial charge on any atom is -0.444 e. The first kappa shape index (κ1) is 16.4. The van der Waals surface area contributed by atoms with E-state index >= 15 is 0 Å². The highest BCUT2D eigenvalue weighted by Gasteiger charge is 2.09. The Morgan fingerprint density at radius 3 is 2.84 bits per heavy atom. The van der Waals surface area contributed by atoms with Crippen molar-refractivity contribution in [3.8, 4) is 17.5 Å².